The Labute approximate surface area is 113 Å². The van der Waals surface area contributed by atoms with Gasteiger partial charge < -0.3 is 11.1 Å². The summed E-state index contributed by atoms with van der Waals surface area (Å²) < 4.78 is 0. The zero-order valence-corrected chi connectivity index (χ0v) is 11.0. The van der Waals surface area contributed by atoms with Gasteiger partial charge in [-0.15, -0.1) is 0 Å². The molecule has 4 nitrogen and oxygen atoms in total. The van der Waals surface area contributed by atoms with Gasteiger partial charge in [-0.1, -0.05) is 43.7 Å². The first-order valence-electron chi connectivity index (χ1n) is 6.72. The molecule has 0 amide bonds. The molecular weight excluding hydrogens is 236 g/mol. The smallest absolute Gasteiger partial charge is 0.163 e. The largest absolute Gasteiger partial charge is 0.384 e. The topological polar surface area (TPSA) is 63.8 Å². The molecule has 98 valence electrons. The predicted octanol–water partition coefficient (Wildman–Crippen LogP) is 2.94. The lowest BCUT2D eigenvalue weighted by Gasteiger charge is -2.08. The SMILES string of the molecule is CCC1CC1Nc1cc(N)nc(-c2ccccc2)n1. The predicted molar refractivity (Wildman–Crippen MR) is 77.7 cm³/mol. The molecular formula is C15H18N4. The van der Waals surface area contributed by atoms with Crippen LogP contribution in [0.4, 0.5) is 11.6 Å². The lowest BCUT2D eigenvalue weighted by Crippen LogP contribution is -2.08. The van der Waals surface area contributed by atoms with Gasteiger partial charge in [0.15, 0.2) is 5.82 Å². The molecule has 3 rings (SSSR count). The summed E-state index contributed by atoms with van der Waals surface area (Å²) in [5, 5.41) is 3.44. The Morgan fingerprint density at radius 1 is 1.26 bits per heavy atom. The Bertz CT molecular complexity index is 568. The minimum Gasteiger partial charge on any atom is -0.384 e. The third-order valence-corrected chi connectivity index (χ3v) is 3.56. The number of benzene rings is 1. The van der Waals surface area contributed by atoms with Crippen LogP contribution in [-0.2, 0) is 0 Å². The van der Waals surface area contributed by atoms with E-state index in [0.717, 1.165) is 17.3 Å². The first-order valence-corrected chi connectivity index (χ1v) is 6.72. The van der Waals surface area contributed by atoms with Crippen molar-refractivity contribution in [1.29, 1.82) is 0 Å². The van der Waals surface area contributed by atoms with Gasteiger partial charge in [-0.3, -0.25) is 0 Å². The third-order valence-electron chi connectivity index (χ3n) is 3.56. The quantitative estimate of drug-likeness (QED) is 0.880. The minimum absolute atomic E-state index is 0.505. The summed E-state index contributed by atoms with van der Waals surface area (Å²) >= 11 is 0. The maximum atomic E-state index is 5.87. The zero-order chi connectivity index (χ0) is 13.2. The highest BCUT2D eigenvalue weighted by Gasteiger charge is 2.35. The van der Waals surface area contributed by atoms with Crippen LogP contribution < -0.4 is 11.1 Å². The van der Waals surface area contributed by atoms with Crippen molar-refractivity contribution in [2.75, 3.05) is 11.1 Å². The Hall–Kier alpha value is -2.10. The number of hydrogen-bond donors (Lipinski definition) is 2. The lowest BCUT2D eigenvalue weighted by atomic mass is 10.2. The molecule has 0 radical (unpaired) electrons. The van der Waals surface area contributed by atoms with Gasteiger partial charge >= 0.3 is 0 Å². The Kier molecular flexibility index (Phi) is 3.07. The van der Waals surface area contributed by atoms with Gasteiger partial charge in [0.25, 0.3) is 0 Å². The van der Waals surface area contributed by atoms with Gasteiger partial charge in [0, 0.05) is 17.7 Å². The molecule has 1 aliphatic carbocycles. The fourth-order valence-corrected chi connectivity index (χ4v) is 2.32. The molecule has 1 aromatic carbocycles. The van der Waals surface area contributed by atoms with Crippen LogP contribution >= 0.6 is 0 Å². The van der Waals surface area contributed by atoms with Crippen molar-refractivity contribution in [2.24, 2.45) is 5.92 Å². The van der Waals surface area contributed by atoms with Crippen molar-refractivity contribution in [2.45, 2.75) is 25.8 Å². The van der Waals surface area contributed by atoms with Crippen LogP contribution in [0.25, 0.3) is 11.4 Å². The molecule has 1 aromatic heterocycles. The van der Waals surface area contributed by atoms with Crippen LogP contribution in [0, 0.1) is 5.92 Å². The highest BCUT2D eigenvalue weighted by Crippen LogP contribution is 2.36. The number of aromatic nitrogens is 2. The molecule has 1 fully saturated rings. The van der Waals surface area contributed by atoms with Gasteiger partial charge in [0.05, 0.1) is 0 Å². The second-order valence-electron chi connectivity index (χ2n) is 5.02. The van der Waals surface area contributed by atoms with Gasteiger partial charge in [0.1, 0.15) is 11.6 Å². The summed E-state index contributed by atoms with van der Waals surface area (Å²) in [6.45, 7) is 2.22. The highest BCUT2D eigenvalue weighted by atomic mass is 15.1. The molecule has 0 spiro atoms. The number of rotatable bonds is 4. The van der Waals surface area contributed by atoms with E-state index in [1.54, 1.807) is 6.07 Å². The van der Waals surface area contributed by atoms with Crippen LogP contribution in [0.15, 0.2) is 36.4 Å². The Balaban J connectivity index is 1.84. The maximum absolute atomic E-state index is 5.87. The molecule has 2 unspecified atom stereocenters. The van der Waals surface area contributed by atoms with E-state index >= 15 is 0 Å². The molecule has 0 saturated heterocycles. The Morgan fingerprint density at radius 2 is 2.05 bits per heavy atom. The molecule has 1 aliphatic rings. The van der Waals surface area contributed by atoms with Crippen molar-refractivity contribution in [3.63, 3.8) is 0 Å². The fourth-order valence-electron chi connectivity index (χ4n) is 2.32. The van der Waals surface area contributed by atoms with Crippen LogP contribution in [0.2, 0.25) is 0 Å². The van der Waals surface area contributed by atoms with E-state index in [1.165, 1.54) is 12.8 Å². The fraction of sp³-hybridized carbons (Fsp3) is 0.333. The highest BCUT2D eigenvalue weighted by molar-refractivity contribution is 5.60. The van der Waals surface area contributed by atoms with E-state index in [2.05, 4.69) is 22.2 Å². The van der Waals surface area contributed by atoms with Crippen LogP contribution in [0.5, 0.6) is 0 Å². The van der Waals surface area contributed by atoms with Crippen LogP contribution in [0.1, 0.15) is 19.8 Å². The van der Waals surface area contributed by atoms with Gasteiger partial charge in [-0.05, 0) is 12.3 Å². The first-order chi connectivity index (χ1) is 9.26. The summed E-state index contributed by atoms with van der Waals surface area (Å²) in [6.07, 6.45) is 2.44. The maximum Gasteiger partial charge on any atom is 0.163 e. The van der Waals surface area contributed by atoms with Crippen LogP contribution in [0.3, 0.4) is 0 Å². The zero-order valence-electron chi connectivity index (χ0n) is 11.0. The summed E-state index contributed by atoms with van der Waals surface area (Å²) in [7, 11) is 0. The number of hydrogen-bond acceptors (Lipinski definition) is 4. The van der Waals surface area contributed by atoms with E-state index in [1.807, 2.05) is 30.3 Å². The molecule has 1 saturated carbocycles. The lowest BCUT2D eigenvalue weighted by molar-refractivity contribution is 0.773. The number of nitrogens with one attached hydrogen (secondary N) is 1. The molecule has 19 heavy (non-hydrogen) atoms. The summed E-state index contributed by atoms with van der Waals surface area (Å²) in [5.41, 5.74) is 6.86. The average molecular weight is 254 g/mol. The first kappa shape index (κ1) is 12.0. The summed E-state index contributed by atoms with van der Waals surface area (Å²) in [4.78, 5) is 8.85. The molecule has 2 atom stereocenters. The molecule has 0 bridgehead atoms. The van der Waals surface area contributed by atoms with Gasteiger partial charge in [-0.2, -0.15) is 0 Å². The van der Waals surface area contributed by atoms with Crippen molar-refractivity contribution >= 4 is 11.6 Å². The van der Waals surface area contributed by atoms with Crippen molar-refractivity contribution < 1.29 is 0 Å². The minimum atomic E-state index is 0.505. The van der Waals surface area contributed by atoms with Crippen LogP contribution in [-0.4, -0.2) is 16.0 Å². The number of nitrogens with zero attached hydrogens (tertiary/aromatic N) is 2. The second-order valence-corrected chi connectivity index (χ2v) is 5.02. The van der Waals surface area contributed by atoms with E-state index in [9.17, 15) is 0 Å². The monoisotopic (exact) mass is 254 g/mol. The number of nitrogen functional groups attached to an aromatic ring is 1. The van der Waals surface area contributed by atoms with E-state index in [-0.39, 0.29) is 0 Å². The Morgan fingerprint density at radius 3 is 2.74 bits per heavy atom. The van der Waals surface area contributed by atoms with E-state index in [4.69, 9.17) is 5.73 Å². The molecule has 4 heteroatoms. The summed E-state index contributed by atoms with van der Waals surface area (Å²) in [5.74, 6) is 2.78. The molecule has 3 N–H and O–H groups in total. The number of anilines is 2. The molecule has 2 aromatic rings. The summed E-state index contributed by atoms with van der Waals surface area (Å²) in [6, 6.07) is 12.3. The van der Waals surface area contributed by atoms with Crippen molar-refractivity contribution in [1.82, 2.24) is 9.97 Å². The van der Waals surface area contributed by atoms with Gasteiger partial charge in [0.2, 0.25) is 0 Å². The molecule has 0 aliphatic heterocycles. The number of nitrogens with two attached hydrogens (primary N) is 1. The normalized spacial score (nSPS) is 21.1. The van der Waals surface area contributed by atoms with Gasteiger partial charge in [-0.25, -0.2) is 9.97 Å². The molecule has 1 heterocycles. The van der Waals surface area contributed by atoms with Crippen molar-refractivity contribution in [3.05, 3.63) is 36.4 Å². The van der Waals surface area contributed by atoms with E-state index in [0.29, 0.717) is 17.7 Å². The second kappa shape index (κ2) is 4.88. The average Bonchev–Trinajstić information content (AvgIpc) is 3.17. The standard InChI is InChI=1S/C15H18N4/c1-2-10-8-12(10)17-14-9-13(16)18-15(19-14)11-6-4-3-5-7-11/h3-7,9-10,12H,2,8H2,1H3,(H3,16,17,18,19). The third kappa shape index (κ3) is 2.67. The van der Waals surface area contributed by atoms with Crippen molar-refractivity contribution in [3.8, 4) is 11.4 Å². The van der Waals surface area contributed by atoms with E-state index < -0.39 is 0 Å².